The molecule has 1 aliphatic heterocycles. The molecule has 1 heterocycles. The van der Waals surface area contributed by atoms with Crippen LogP contribution in [-0.4, -0.2) is 54.3 Å². The summed E-state index contributed by atoms with van der Waals surface area (Å²) in [6.45, 7) is 4.89. The predicted octanol–water partition coefficient (Wildman–Crippen LogP) is 1.67. The normalized spacial score (nSPS) is 17.6. The summed E-state index contributed by atoms with van der Waals surface area (Å²) in [5.41, 5.74) is 1.09. The Labute approximate surface area is 144 Å². The molecular weight excluding hydrogens is 314 g/mol. The highest BCUT2D eigenvalue weighted by atomic mass is 35.5. The van der Waals surface area contributed by atoms with Crippen LogP contribution in [0.1, 0.15) is 25.3 Å². The van der Waals surface area contributed by atoms with Crippen molar-refractivity contribution in [2.24, 2.45) is 0 Å². The predicted molar refractivity (Wildman–Crippen MR) is 93.4 cm³/mol. The SMILES string of the molecule is CCCN1CCNC(CC(=O)N(C)Cc2ccccc2)C1=O.Cl. The van der Waals surface area contributed by atoms with Gasteiger partial charge in [0.05, 0.1) is 12.5 Å². The van der Waals surface area contributed by atoms with E-state index in [2.05, 4.69) is 12.2 Å². The summed E-state index contributed by atoms with van der Waals surface area (Å²) in [6, 6.07) is 9.49. The first-order valence-corrected chi connectivity index (χ1v) is 7.92. The van der Waals surface area contributed by atoms with Crippen LogP contribution in [0.5, 0.6) is 0 Å². The number of halogens is 1. The molecule has 1 saturated heterocycles. The highest BCUT2D eigenvalue weighted by Gasteiger charge is 2.30. The molecule has 1 fully saturated rings. The lowest BCUT2D eigenvalue weighted by molar-refractivity contribution is -0.140. The van der Waals surface area contributed by atoms with Crippen molar-refractivity contribution >= 4 is 24.2 Å². The van der Waals surface area contributed by atoms with Crippen molar-refractivity contribution in [1.82, 2.24) is 15.1 Å². The minimum absolute atomic E-state index is 0. The summed E-state index contributed by atoms with van der Waals surface area (Å²) >= 11 is 0. The minimum atomic E-state index is -0.383. The number of nitrogens with zero attached hydrogens (tertiary/aromatic N) is 2. The Hall–Kier alpha value is -1.59. The third-order valence-electron chi connectivity index (χ3n) is 3.94. The first-order chi connectivity index (χ1) is 10.6. The highest BCUT2D eigenvalue weighted by Crippen LogP contribution is 2.09. The van der Waals surface area contributed by atoms with Gasteiger partial charge in [-0.2, -0.15) is 0 Å². The zero-order chi connectivity index (χ0) is 15.9. The van der Waals surface area contributed by atoms with Gasteiger partial charge in [-0.1, -0.05) is 37.3 Å². The number of hydrogen-bond donors (Lipinski definition) is 1. The van der Waals surface area contributed by atoms with Crippen LogP contribution < -0.4 is 5.32 Å². The van der Waals surface area contributed by atoms with Crippen molar-refractivity contribution in [2.75, 3.05) is 26.7 Å². The largest absolute Gasteiger partial charge is 0.341 e. The Morgan fingerprint density at radius 1 is 1.35 bits per heavy atom. The van der Waals surface area contributed by atoms with Crippen LogP contribution in [0.15, 0.2) is 30.3 Å². The molecule has 2 amide bonds. The number of benzene rings is 1. The first kappa shape index (κ1) is 19.5. The molecule has 5 nitrogen and oxygen atoms in total. The molecule has 23 heavy (non-hydrogen) atoms. The van der Waals surface area contributed by atoms with E-state index < -0.39 is 0 Å². The third kappa shape index (κ3) is 5.52. The number of rotatable bonds is 6. The minimum Gasteiger partial charge on any atom is -0.341 e. The van der Waals surface area contributed by atoms with Crippen molar-refractivity contribution in [2.45, 2.75) is 32.4 Å². The van der Waals surface area contributed by atoms with Crippen molar-refractivity contribution in [3.8, 4) is 0 Å². The van der Waals surface area contributed by atoms with E-state index >= 15 is 0 Å². The molecule has 1 N–H and O–H groups in total. The Morgan fingerprint density at radius 3 is 2.70 bits per heavy atom. The number of piperazine rings is 1. The Balaban J connectivity index is 0.00000264. The second-order valence-corrected chi connectivity index (χ2v) is 5.77. The third-order valence-corrected chi connectivity index (χ3v) is 3.94. The van der Waals surface area contributed by atoms with Gasteiger partial charge in [0.25, 0.3) is 0 Å². The molecule has 0 aromatic heterocycles. The number of carbonyl (C=O) groups is 2. The van der Waals surface area contributed by atoms with Crippen LogP contribution in [0.25, 0.3) is 0 Å². The molecule has 0 saturated carbocycles. The average Bonchev–Trinajstić information content (AvgIpc) is 2.52. The van der Waals surface area contributed by atoms with Crippen molar-refractivity contribution in [1.29, 1.82) is 0 Å². The molecule has 2 rings (SSSR count). The van der Waals surface area contributed by atoms with Crippen molar-refractivity contribution < 1.29 is 9.59 Å². The van der Waals surface area contributed by atoms with E-state index in [4.69, 9.17) is 0 Å². The van der Waals surface area contributed by atoms with Crippen LogP contribution in [0.3, 0.4) is 0 Å². The molecule has 1 aromatic rings. The molecule has 128 valence electrons. The summed E-state index contributed by atoms with van der Waals surface area (Å²) in [5, 5.41) is 3.17. The van der Waals surface area contributed by atoms with Gasteiger partial charge >= 0.3 is 0 Å². The van der Waals surface area contributed by atoms with Gasteiger partial charge in [0.1, 0.15) is 0 Å². The lowest BCUT2D eigenvalue weighted by Crippen LogP contribution is -2.56. The Bertz CT molecular complexity index is 508. The number of carbonyl (C=O) groups excluding carboxylic acids is 2. The molecule has 1 aliphatic rings. The van der Waals surface area contributed by atoms with E-state index in [-0.39, 0.29) is 36.7 Å². The zero-order valence-electron chi connectivity index (χ0n) is 13.8. The zero-order valence-corrected chi connectivity index (χ0v) is 14.6. The van der Waals surface area contributed by atoms with E-state index in [0.29, 0.717) is 6.54 Å². The van der Waals surface area contributed by atoms with Crippen LogP contribution in [0, 0.1) is 0 Å². The maximum Gasteiger partial charge on any atom is 0.240 e. The molecule has 1 atom stereocenters. The molecule has 0 bridgehead atoms. The second-order valence-electron chi connectivity index (χ2n) is 5.77. The Morgan fingerprint density at radius 2 is 2.04 bits per heavy atom. The number of amides is 2. The molecule has 1 unspecified atom stereocenters. The van der Waals surface area contributed by atoms with Crippen molar-refractivity contribution in [3.05, 3.63) is 35.9 Å². The van der Waals surface area contributed by atoms with Gasteiger partial charge in [-0.05, 0) is 12.0 Å². The van der Waals surface area contributed by atoms with Crippen LogP contribution in [0.4, 0.5) is 0 Å². The van der Waals surface area contributed by atoms with Gasteiger partial charge in [-0.3, -0.25) is 9.59 Å². The van der Waals surface area contributed by atoms with E-state index in [9.17, 15) is 9.59 Å². The summed E-state index contributed by atoms with van der Waals surface area (Å²) in [4.78, 5) is 28.2. The summed E-state index contributed by atoms with van der Waals surface area (Å²) in [5.74, 6) is 0.0441. The molecule has 1 aromatic carbocycles. The van der Waals surface area contributed by atoms with E-state index in [0.717, 1.165) is 31.6 Å². The fourth-order valence-corrected chi connectivity index (χ4v) is 2.72. The van der Waals surface area contributed by atoms with Crippen molar-refractivity contribution in [3.63, 3.8) is 0 Å². The van der Waals surface area contributed by atoms with Gasteiger partial charge in [-0.15, -0.1) is 12.4 Å². The van der Waals surface area contributed by atoms with Gasteiger partial charge in [0.2, 0.25) is 11.8 Å². The highest BCUT2D eigenvalue weighted by molar-refractivity contribution is 5.88. The van der Waals surface area contributed by atoms with Crippen LogP contribution in [-0.2, 0) is 16.1 Å². The average molecular weight is 340 g/mol. The molecule has 0 radical (unpaired) electrons. The fraction of sp³-hybridized carbons (Fsp3) is 0.529. The second kappa shape index (κ2) is 9.53. The summed E-state index contributed by atoms with van der Waals surface area (Å²) < 4.78 is 0. The quantitative estimate of drug-likeness (QED) is 0.857. The summed E-state index contributed by atoms with van der Waals surface area (Å²) in [7, 11) is 1.78. The van der Waals surface area contributed by atoms with Gasteiger partial charge in [-0.25, -0.2) is 0 Å². The molecular formula is C17H26ClN3O2. The number of nitrogens with one attached hydrogen (secondary N) is 1. The maximum atomic E-state index is 12.3. The van der Waals surface area contributed by atoms with E-state index in [1.54, 1.807) is 11.9 Å². The smallest absolute Gasteiger partial charge is 0.240 e. The first-order valence-electron chi connectivity index (χ1n) is 7.92. The van der Waals surface area contributed by atoms with E-state index in [1.165, 1.54) is 0 Å². The van der Waals surface area contributed by atoms with Gasteiger partial charge in [0, 0.05) is 33.2 Å². The molecule has 0 spiro atoms. The number of hydrogen-bond acceptors (Lipinski definition) is 3. The molecule has 0 aliphatic carbocycles. The maximum absolute atomic E-state index is 12.3. The lowest BCUT2D eigenvalue weighted by atomic mass is 10.1. The van der Waals surface area contributed by atoms with Gasteiger partial charge < -0.3 is 15.1 Å². The monoisotopic (exact) mass is 339 g/mol. The summed E-state index contributed by atoms with van der Waals surface area (Å²) in [6.07, 6.45) is 1.17. The standard InChI is InChI=1S/C17H25N3O2.ClH/c1-3-10-20-11-9-18-15(17(20)22)12-16(21)19(2)13-14-7-5-4-6-8-14;/h4-8,15,18H,3,9-13H2,1-2H3;1H. The fourth-order valence-electron chi connectivity index (χ4n) is 2.72. The van der Waals surface area contributed by atoms with Crippen LogP contribution >= 0.6 is 12.4 Å². The van der Waals surface area contributed by atoms with E-state index in [1.807, 2.05) is 35.2 Å². The topological polar surface area (TPSA) is 52.7 Å². The lowest BCUT2D eigenvalue weighted by Gasteiger charge is -2.33. The van der Waals surface area contributed by atoms with Crippen LogP contribution in [0.2, 0.25) is 0 Å². The molecule has 6 heteroatoms. The van der Waals surface area contributed by atoms with Gasteiger partial charge in [0.15, 0.2) is 0 Å². The Kier molecular flexibility index (Phi) is 8.06.